The number of aromatic amines is 1. The number of aromatic nitrogens is 3. The quantitative estimate of drug-likeness (QED) is 0.625. The predicted molar refractivity (Wildman–Crippen MR) is 111 cm³/mol. The number of nitrogens with one attached hydrogen (secondary N) is 2. The summed E-state index contributed by atoms with van der Waals surface area (Å²) in [6.07, 6.45) is 3.22. The van der Waals surface area contributed by atoms with E-state index < -0.39 is 0 Å². The Morgan fingerprint density at radius 3 is 2.90 bits per heavy atom. The van der Waals surface area contributed by atoms with Crippen molar-refractivity contribution in [3.8, 4) is 17.0 Å². The number of carbonyl (C=O) groups is 1. The molecule has 5 rings (SSSR count). The van der Waals surface area contributed by atoms with Gasteiger partial charge in [0.25, 0.3) is 5.91 Å². The summed E-state index contributed by atoms with van der Waals surface area (Å²) in [6, 6.07) is 9.04. The summed E-state index contributed by atoms with van der Waals surface area (Å²) < 4.78 is 0. The number of hydrogen-bond acceptors (Lipinski definition) is 5. The van der Waals surface area contributed by atoms with Crippen LogP contribution in [0.4, 0.5) is 0 Å². The lowest BCUT2D eigenvalue weighted by molar-refractivity contribution is 0.0424. The monoisotopic (exact) mass is 391 g/mol. The summed E-state index contributed by atoms with van der Waals surface area (Å²) in [5, 5.41) is 21.2. The first-order valence-corrected chi connectivity index (χ1v) is 10.3. The minimum Gasteiger partial charge on any atom is -0.508 e. The van der Waals surface area contributed by atoms with Crippen LogP contribution in [0.1, 0.15) is 35.3 Å². The molecule has 0 aliphatic carbocycles. The van der Waals surface area contributed by atoms with Crippen LogP contribution >= 0.6 is 0 Å². The Hall–Kier alpha value is -2.93. The summed E-state index contributed by atoms with van der Waals surface area (Å²) in [5.74, 6) is 0.798. The number of aryl methyl sites for hydroxylation is 1. The number of carbonyl (C=O) groups excluding carboxylic acids is 1. The molecule has 29 heavy (non-hydrogen) atoms. The van der Waals surface area contributed by atoms with Crippen molar-refractivity contribution < 1.29 is 9.90 Å². The van der Waals surface area contributed by atoms with Crippen LogP contribution in [-0.2, 0) is 0 Å². The minimum absolute atomic E-state index is 0.0681. The number of aromatic hydroxyl groups is 1. The maximum absolute atomic E-state index is 13.8. The van der Waals surface area contributed by atoms with E-state index in [4.69, 9.17) is 0 Å². The number of piperidine rings is 2. The highest BCUT2D eigenvalue weighted by molar-refractivity contribution is 6.07. The lowest BCUT2D eigenvalue weighted by atomic mass is 9.84. The van der Waals surface area contributed by atoms with Crippen LogP contribution in [0.25, 0.3) is 22.3 Å². The van der Waals surface area contributed by atoms with E-state index in [-0.39, 0.29) is 11.7 Å². The maximum atomic E-state index is 13.8. The highest BCUT2D eigenvalue weighted by atomic mass is 16.3. The fraction of sp³-hybridized carbons (Fsp3) is 0.409. The standard InChI is InChI=1S/C22H25N5O2/c1-13-20-17(22(29)27-10-2-3-15-12-23-9-8-19(15)27)11-18(24-21(20)26-25-13)14-4-6-16(28)7-5-14/h4-7,11,15,19,23,28H,2-3,8-10,12H2,1H3,(H,24,25,26). The SMILES string of the molecule is Cc1[nH]nc2nc(-c3ccc(O)cc3)cc(C(=O)N3CCCC4CNCCC43)c12. The van der Waals surface area contributed by atoms with E-state index in [0.29, 0.717) is 28.9 Å². The number of nitrogens with zero attached hydrogens (tertiary/aromatic N) is 3. The Bertz CT molecular complexity index is 1060. The highest BCUT2D eigenvalue weighted by Gasteiger charge is 2.37. The molecular weight excluding hydrogens is 366 g/mol. The first-order chi connectivity index (χ1) is 14.1. The number of hydrogen-bond donors (Lipinski definition) is 3. The van der Waals surface area contributed by atoms with E-state index in [0.717, 1.165) is 49.1 Å². The number of phenolic OH excluding ortho intramolecular Hbond substituents is 1. The zero-order valence-corrected chi connectivity index (χ0v) is 16.5. The van der Waals surface area contributed by atoms with Gasteiger partial charge in [-0.05, 0) is 75.5 Å². The Morgan fingerprint density at radius 1 is 1.24 bits per heavy atom. The topological polar surface area (TPSA) is 94.1 Å². The van der Waals surface area contributed by atoms with Crippen LogP contribution in [-0.4, -0.2) is 56.8 Å². The van der Waals surface area contributed by atoms with Crippen molar-refractivity contribution >= 4 is 16.9 Å². The zero-order valence-electron chi connectivity index (χ0n) is 16.5. The van der Waals surface area contributed by atoms with Crippen molar-refractivity contribution in [1.82, 2.24) is 25.4 Å². The van der Waals surface area contributed by atoms with Crippen LogP contribution in [0.3, 0.4) is 0 Å². The van der Waals surface area contributed by atoms with Crippen molar-refractivity contribution in [2.75, 3.05) is 19.6 Å². The van der Waals surface area contributed by atoms with E-state index in [1.165, 1.54) is 6.42 Å². The molecule has 2 atom stereocenters. The third-order valence-electron chi connectivity index (χ3n) is 6.30. The van der Waals surface area contributed by atoms with E-state index >= 15 is 0 Å². The molecule has 2 aliphatic heterocycles. The number of likely N-dealkylation sites (tertiary alicyclic amines) is 1. The largest absolute Gasteiger partial charge is 0.508 e. The van der Waals surface area contributed by atoms with Gasteiger partial charge in [-0.1, -0.05) is 0 Å². The molecule has 3 aromatic rings. The molecule has 2 fully saturated rings. The molecule has 7 heteroatoms. The zero-order chi connectivity index (χ0) is 20.0. The molecule has 0 spiro atoms. The Morgan fingerprint density at radius 2 is 2.07 bits per heavy atom. The predicted octanol–water partition coefficient (Wildman–Crippen LogP) is 2.85. The molecule has 7 nitrogen and oxygen atoms in total. The van der Waals surface area contributed by atoms with Crippen molar-refractivity contribution in [3.63, 3.8) is 0 Å². The molecule has 2 aliphatic rings. The molecule has 0 bridgehead atoms. The fourth-order valence-corrected chi connectivity index (χ4v) is 4.83. The lowest BCUT2D eigenvalue weighted by Crippen LogP contribution is -2.54. The average molecular weight is 391 g/mol. The molecule has 1 aromatic carbocycles. The van der Waals surface area contributed by atoms with E-state index in [9.17, 15) is 9.90 Å². The van der Waals surface area contributed by atoms with E-state index in [1.807, 2.05) is 13.0 Å². The molecule has 4 heterocycles. The second-order valence-corrected chi connectivity index (χ2v) is 8.11. The van der Waals surface area contributed by atoms with Crippen molar-refractivity contribution in [1.29, 1.82) is 0 Å². The molecule has 3 N–H and O–H groups in total. The third-order valence-corrected chi connectivity index (χ3v) is 6.30. The van der Waals surface area contributed by atoms with Gasteiger partial charge in [0.2, 0.25) is 0 Å². The molecule has 2 aromatic heterocycles. The van der Waals surface area contributed by atoms with Crippen molar-refractivity contribution in [2.45, 2.75) is 32.2 Å². The van der Waals surface area contributed by atoms with Crippen molar-refractivity contribution in [2.24, 2.45) is 5.92 Å². The van der Waals surface area contributed by atoms with E-state index in [1.54, 1.807) is 24.3 Å². The van der Waals surface area contributed by atoms with Gasteiger partial charge in [-0.2, -0.15) is 5.10 Å². The Kier molecular flexibility index (Phi) is 4.47. The van der Waals surface area contributed by atoms with Gasteiger partial charge in [-0.25, -0.2) is 4.98 Å². The number of rotatable bonds is 2. The minimum atomic E-state index is 0.0681. The fourth-order valence-electron chi connectivity index (χ4n) is 4.83. The summed E-state index contributed by atoms with van der Waals surface area (Å²) in [6.45, 7) is 4.68. The molecular formula is C22H25N5O2. The smallest absolute Gasteiger partial charge is 0.255 e. The normalized spacial score (nSPS) is 21.9. The Labute approximate surface area is 169 Å². The van der Waals surface area contributed by atoms with Gasteiger partial charge in [0.05, 0.1) is 16.6 Å². The third kappa shape index (κ3) is 3.15. The molecule has 0 radical (unpaired) electrons. The highest BCUT2D eigenvalue weighted by Crippen LogP contribution is 2.32. The molecule has 2 unspecified atom stereocenters. The van der Waals surface area contributed by atoms with Gasteiger partial charge in [-0.3, -0.25) is 9.89 Å². The second kappa shape index (κ2) is 7.15. The average Bonchev–Trinajstić information content (AvgIpc) is 3.13. The first-order valence-electron chi connectivity index (χ1n) is 10.3. The van der Waals surface area contributed by atoms with Gasteiger partial charge >= 0.3 is 0 Å². The van der Waals surface area contributed by atoms with Gasteiger partial charge in [0.1, 0.15) is 5.75 Å². The van der Waals surface area contributed by atoms with Crippen LogP contribution in [0.5, 0.6) is 5.75 Å². The molecule has 1 amide bonds. The number of phenols is 1. The maximum Gasteiger partial charge on any atom is 0.255 e. The van der Waals surface area contributed by atoms with Crippen LogP contribution in [0, 0.1) is 12.8 Å². The molecule has 0 saturated carbocycles. The van der Waals surface area contributed by atoms with Crippen molar-refractivity contribution in [3.05, 3.63) is 41.6 Å². The molecule has 2 saturated heterocycles. The van der Waals surface area contributed by atoms with Crippen LogP contribution in [0.2, 0.25) is 0 Å². The summed E-state index contributed by atoms with van der Waals surface area (Å²) >= 11 is 0. The van der Waals surface area contributed by atoms with Gasteiger partial charge in [0.15, 0.2) is 5.65 Å². The molecule has 150 valence electrons. The number of amides is 1. The lowest BCUT2D eigenvalue weighted by Gasteiger charge is -2.44. The van der Waals surface area contributed by atoms with Gasteiger partial charge in [-0.15, -0.1) is 0 Å². The summed E-state index contributed by atoms with van der Waals surface area (Å²) in [5.41, 5.74) is 3.59. The van der Waals surface area contributed by atoms with Gasteiger partial charge < -0.3 is 15.3 Å². The van der Waals surface area contributed by atoms with Gasteiger partial charge in [0, 0.05) is 23.8 Å². The summed E-state index contributed by atoms with van der Waals surface area (Å²) in [4.78, 5) is 20.5. The number of pyridine rings is 1. The van der Waals surface area contributed by atoms with E-state index in [2.05, 4.69) is 25.4 Å². The first kappa shape index (κ1) is 18.1. The van der Waals surface area contributed by atoms with Crippen LogP contribution in [0.15, 0.2) is 30.3 Å². The number of H-pyrrole nitrogens is 1. The number of fused-ring (bicyclic) bond motifs is 2. The second-order valence-electron chi connectivity index (χ2n) is 8.11. The summed E-state index contributed by atoms with van der Waals surface area (Å²) in [7, 11) is 0. The number of benzene rings is 1. The Balaban J connectivity index is 1.60. The van der Waals surface area contributed by atoms with Crippen LogP contribution < -0.4 is 5.32 Å².